The Morgan fingerprint density at radius 3 is 3.18 bits per heavy atom. The zero-order valence-electron chi connectivity index (χ0n) is 13.0. The van der Waals surface area contributed by atoms with Gasteiger partial charge in [-0.2, -0.15) is 5.10 Å². The zero-order valence-corrected chi connectivity index (χ0v) is 13.0. The second-order valence-corrected chi connectivity index (χ2v) is 6.15. The summed E-state index contributed by atoms with van der Waals surface area (Å²) in [4.78, 5) is 14.3. The summed E-state index contributed by atoms with van der Waals surface area (Å²) < 4.78 is 11.1. The first kappa shape index (κ1) is 15.5. The van der Waals surface area contributed by atoms with Crippen molar-refractivity contribution in [1.29, 1.82) is 0 Å². The molecular formula is C16H25N3O3. The molecule has 2 fully saturated rings. The van der Waals surface area contributed by atoms with Crippen molar-refractivity contribution in [3.8, 4) is 0 Å². The molecule has 2 saturated heterocycles. The van der Waals surface area contributed by atoms with E-state index < -0.39 is 0 Å². The molecule has 22 heavy (non-hydrogen) atoms. The average molecular weight is 307 g/mol. The van der Waals surface area contributed by atoms with Crippen molar-refractivity contribution in [1.82, 2.24) is 15.1 Å². The van der Waals surface area contributed by atoms with Gasteiger partial charge in [0.2, 0.25) is 5.91 Å². The molecule has 1 N–H and O–H groups in total. The highest BCUT2D eigenvalue weighted by Gasteiger charge is 2.25. The molecule has 6 nitrogen and oxygen atoms in total. The molecule has 0 bridgehead atoms. The van der Waals surface area contributed by atoms with E-state index in [4.69, 9.17) is 9.47 Å². The molecular weight excluding hydrogens is 282 g/mol. The minimum absolute atomic E-state index is 0.191. The Balaban J connectivity index is 1.37. The van der Waals surface area contributed by atoms with Crippen molar-refractivity contribution in [3.05, 3.63) is 18.0 Å². The quantitative estimate of drug-likeness (QED) is 0.812. The van der Waals surface area contributed by atoms with Crippen molar-refractivity contribution in [3.63, 3.8) is 0 Å². The van der Waals surface area contributed by atoms with Crippen LogP contribution >= 0.6 is 0 Å². The van der Waals surface area contributed by atoms with Gasteiger partial charge < -0.3 is 14.4 Å². The minimum Gasteiger partial charge on any atom is -0.378 e. The maximum atomic E-state index is 12.3. The molecule has 2 atom stereocenters. The predicted molar refractivity (Wildman–Crippen MR) is 81.6 cm³/mol. The monoisotopic (exact) mass is 307 g/mol. The number of piperidine rings is 1. The number of aromatic nitrogens is 2. The smallest absolute Gasteiger partial charge is 0.224 e. The van der Waals surface area contributed by atoms with E-state index in [9.17, 15) is 4.79 Å². The number of ether oxygens (including phenoxy) is 2. The second kappa shape index (κ2) is 7.74. The van der Waals surface area contributed by atoms with Crippen LogP contribution in [0, 0.1) is 0 Å². The third-order valence-electron chi connectivity index (χ3n) is 4.52. The lowest BCUT2D eigenvalue weighted by atomic mass is 9.95. The van der Waals surface area contributed by atoms with E-state index in [1.165, 1.54) is 0 Å². The van der Waals surface area contributed by atoms with Gasteiger partial charge in [-0.25, -0.2) is 0 Å². The van der Waals surface area contributed by atoms with Gasteiger partial charge in [0.1, 0.15) is 0 Å². The normalized spacial score (nSPS) is 25.5. The Hall–Kier alpha value is -1.40. The predicted octanol–water partition coefficient (Wildman–Crippen LogP) is 1.70. The Morgan fingerprint density at radius 2 is 2.41 bits per heavy atom. The van der Waals surface area contributed by atoms with E-state index in [0.29, 0.717) is 25.6 Å². The zero-order chi connectivity index (χ0) is 15.2. The summed E-state index contributed by atoms with van der Waals surface area (Å²) in [6.07, 6.45) is 6.82. The van der Waals surface area contributed by atoms with Crippen molar-refractivity contribution < 1.29 is 14.3 Å². The van der Waals surface area contributed by atoms with Crippen LogP contribution in [0.3, 0.4) is 0 Å². The van der Waals surface area contributed by atoms with Crippen molar-refractivity contribution in [2.45, 2.75) is 44.1 Å². The van der Waals surface area contributed by atoms with E-state index in [-0.39, 0.29) is 12.0 Å². The highest BCUT2D eigenvalue weighted by Crippen LogP contribution is 2.25. The number of H-pyrrole nitrogens is 1. The Labute approximate surface area is 131 Å². The first-order valence-electron chi connectivity index (χ1n) is 8.29. The van der Waals surface area contributed by atoms with Gasteiger partial charge in [0, 0.05) is 37.5 Å². The van der Waals surface area contributed by atoms with Gasteiger partial charge >= 0.3 is 0 Å². The largest absolute Gasteiger partial charge is 0.378 e. The number of likely N-dealkylation sites (tertiary alicyclic amines) is 1. The van der Waals surface area contributed by atoms with Crippen LogP contribution in [0.2, 0.25) is 0 Å². The third-order valence-corrected chi connectivity index (χ3v) is 4.52. The van der Waals surface area contributed by atoms with Crippen molar-refractivity contribution in [2.24, 2.45) is 0 Å². The molecule has 0 unspecified atom stereocenters. The van der Waals surface area contributed by atoms with Crippen LogP contribution in [0.5, 0.6) is 0 Å². The number of aromatic amines is 1. The standard InChI is InChI=1S/C16H25N3O3/c20-16(6-10-21-12-14-4-2-9-22-14)19-8-1-3-13(11-19)15-5-7-17-18-15/h5,7,13-14H,1-4,6,8-12H2,(H,17,18)/t13-,14+/m0/s1. The van der Waals surface area contributed by atoms with Crippen LogP contribution in [-0.2, 0) is 14.3 Å². The average Bonchev–Trinajstić information content (AvgIpc) is 3.24. The fourth-order valence-corrected chi connectivity index (χ4v) is 3.26. The van der Waals surface area contributed by atoms with Crippen LogP contribution < -0.4 is 0 Å². The lowest BCUT2D eigenvalue weighted by molar-refractivity contribution is -0.133. The molecule has 1 aromatic heterocycles. The highest BCUT2D eigenvalue weighted by molar-refractivity contribution is 5.76. The fraction of sp³-hybridized carbons (Fsp3) is 0.750. The summed E-state index contributed by atoms with van der Waals surface area (Å²) in [5, 5.41) is 7.03. The van der Waals surface area contributed by atoms with Gasteiger partial charge in [0.15, 0.2) is 0 Å². The molecule has 0 aromatic carbocycles. The SMILES string of the molecule is O=C(CCOC[C@H]1CCCO1)N1CCC[C@H](c2ccn[nH]2)C1. The summed E-state index contributed by atoms with van der Waals surface area (Å²) in [6.45, 7) is 3.59. The molecule has 0 saturated carbocycles. The molecule has 6 heteroatoms. The number of rotatable bonds is 6. The van der Waals surface area contributed by atoms with E-state index >= 15 is 0 Å². The first-order chi connectivity index (χ1) is 10.8. The van der Waals surface area contributed by atoms with Gasteiger partial charge in [0.25, 0.3) is 0 Å². The van der Waals surface area contributed by atoms with Crippen LogP contribution in [0.25, 0.3) is 0 Å². The van der Waals surface area contributed by atoms with Gasteiger partial charge in [0.05, 0.1) is 25.7 Å². The molecule has 0 aliphatic carbocycles. The summed E-state index contributed by atoms with van der Waals surface area (Å²) in [7, 11) is 0. The van der Waals surface area contributed by atoms with Crippen LogP contribution in [0.1, 0.15) is 43.7 Å². The highest BCUT2D eigenvalue weighted by atomic mass is 16.5. The maximum absolute atomic E-state index is 12.3. The lowest BCUT2D eigenvalue weighted by Gasteiger charge is -2.32. The molecule has 3 heterocycles. The molecule has 122 valence electrons. The number of amides is 1. The third kappa shape index (κ3) is 4.08. The minimum atomic E-state index is 0.191. The van der Waals surface area contributed by atoms with Crippen LogP contribution in [-0.4, -0.2) is 60.0 Å². The molecule has 1 aromatic rings. The number of carbonyl (C=O) groups excluding carboxylic acids is 1. The molecule has 1 amide bonds. The Kier molecular flexibility index (Phi) is 5.45. The van der Waals surface area contributed by atoms with Gasteiger partial charge in [-0.1, -0.05) is 0 Å². The van der Waals surface area contributed by atoms with Gasteiger partial charge in [-0.3, -0.25) is 9.89 Å². The van der Waals surface area contributed by atoms with Gasteiger partial charge in [-0.15, -0.1) is 0 Å². The maximum Gasteiger partial charge on any atom is 0.224 e. The molecule has 2 aliphatic heterocycles. The van der Waals surface area contributed by atoms with Crippen molar-refractivity contribution >= 4 is 5.91 Å². The summed E-state index contributed by atoms with van der Waals surface area (Å²) in [6, 6.07) is 2.00. The Bertz CT molecular complexity index is 457. The number of hydrogen-bond donors (Lipinski definition) is 1. The van der Waals surface area contributed by atoms with E-state index in [0.717, 1.165) is 51.1 Å². The number of nitrogens with one attached hydrogen (secondary N) is 1. The Morgan fingerprint density at radius 1 is 1.45 bits per heavy atom. The number of nitrogens with zero attached hydrogens (tertiary/aromatic N) is 2. The molecule has 3 rings (SSSR count). The van der Waals surface area contributed by atoms with Crippen LogP contribution in [0.4, 0.5) is 0 Å². The first-order valence-corrected chi connectivity index (χ1v) is 8.29. The van der Waals surface area contributed by atoms with E-state index in [2.05, 4.69) is 10.2 Å². The summed E-state index contributed by atoms with van der Waals surface area (Å²) in [5.41, 5.74) is 1.13. The molecule has 0 spiro atoms. The summed E-state index contributed by atoms with van der Waals surface area (Å²) >= 11 is 0. The summed E-state index contributed by atoms with van der Waals surface area (Å²) in [5.74, 6) is 0.574. The second-order valence-electron chi connectivity index (χ2n) is 6.15. The lowest BCUT2D eigenvalue weighted by Crippen LogP contribution is -2.39. The number of hydrogen-bond acceptors (Lipinski definition) is 4. The molecule has 2 aliphatic rings. The fourth-order valence-electron chi connectivity index (χ4n) is 3.26. The molecule has 0 radical (unpaired) electrons. The number of carbonyl (C=O) groups is 1. The van der Waals surface area contributed by atoms with Gasteiger partial charge in [-0.05, 0) is 31.7 Å². The van der Waals surface area contributed by atoms with Crippen LogP contribution in [0.15, 0.2) is 12.3 Å². The van der Waals surface area contributed by atoms with E-state index in [1.807, 2.05) is 11.0 Å². The topological polar surface area (TPSA) is 67.5 Å². The van der Waals surface area contributed by atoms with Crippen molar-refractivity contribution in [2.75, 3.05) is 32.9 Å². The van der Waals surface area contributed by atoms with E-state index in [1.54, 1.807) is 6.20 Å².